The number of hydrogen-bond acceptors (Lipinski definition) is 7. The molecule has 1 N–H and O–H groups in total. The molecule has 1 atom stereocenters. The van der Waals surface area contributed by atoms with Crippen LogP contribution in [0.5, 0.6) is 11.5 Å². The number of hydrogen-bond donors (Lipinski definition) is 1. The highest BCUT2D eigenvalue weighted by molar-refractivity contribution is 6.04. The summed E-state index contributed by atoms with van der Waals surface area (Å²) >= 11 is 0. The van der Waals surface area contributed by atoms with Gasteiger partial charge >= 0.3 is 5.97 Å². The van der Waals surface area contributed by atoms with Gasteiger partial charge in [-0.1, -0.05) is 19.9 Å². The smallest absolute Gasteiger partial charge is 0.336 e. The highest BCUT2D eigenvalue weighted by Crippen LogP contribution is 2.47. The van der Waals surface area contributed by atoms with Crippen LogP contribution in [0.1, 0.15) is 58.9 Å². The van der Waals surface area contributed by atoms with Crippen LogP contribution in [0.4, 0.5) is 0 Å². The van der Waals surface area contributed by atoms with Crippen LogP contribution >= 0.6 is 0 Å². The van der Waals surface area contributed by atoms with Crippen molar-refractivity contribution >= 4 is 11.8 Å². The summed E-state index contributed by atoms with van der Waals surface area (Å²) in [7, 11) is 1.58. The number of Topliss-reactive ketones (excluding diaryl/α,β-unsaturated/α-hetero) is 1. The summed E-state index contributed by atoms with van der Waals surface area (Å²) in [6.07, 6.45) is 1.15. The summed E-state index contributed by atoms with van der Waals surface area (Å²) < 4.78 is 22.0. The second-order valence-corrected chi connectivity index (χ2v) is 9.11. The summed E-state index contributed by atoms with van der Waals surface area (Å²) in [6.45, 7) is 11.3. The molecular formula is C26H35NO6. The first-order chi connectivity index (χ1) is 15.7. The van der Waals surface area contributed by atoms with Gasteiger partial charge in [0.05, 0.1) is 25.9 Å². The number of nitrogens with one attached hydrogen (secondary N) is 1. The second-order valence-electron chi connectivity index (χ2n) is 9.11. The first-order valence-electron chi connectivity index (χ1n) is 11.5. The van der Waals surface area contributed by atoms with E-state index in [0.717, 1.165) is 17.7 Å². The first-order valence-corrected chi connectivity index (χ1v) is 11.5. The summed E-state index contributed by atoms with van der Waals surface area (Å²) in [5, 5.41) is 3.35. The van der Waals surface area contributed by atoms with Crippen molar-refractivity contribution in [3.8, 4) is 11.5 Å². The lowest BCUT2D eigenvalue weighted by Gasteiger charge is -2.39. The van der Waals surface area contributed by atoms with E-state index in [2.05, 4.69) is 19.2 Å². The maximum Gasteiger partial charge on any atom is 0.336 e. The molecule has 0 unspecified atom stereocenters. The molecule has 180 valence electrons. The standard InChI is InChI=1S/C26H35NO6/c1-7-31-11-12-33-25(29)22-16(3)27-18-14-26(4,5)15-19(28)24(18)23(22)17-9-10-20(32-8-2)21(13-17)30-6/h9-10,13,23,27H,7-8,11-12,14-15H2,1-6H3/t23-/m0/s1. The number of carbonyl (C=O) groups is 2. The van der Waals surface area contributed by atoms with E-state index in [0.29, 0.717) is 54.6 Å². The lowest BCUT2D eigenvalue weighted by Crippen LogP contribution is -2.38. The SMILES string of the molecule is CCOCCOC(=O)C1=C(C)NC2=C(C(=O)CC(C)(C)C2)[C@H]1c1ccc(OCC)c(OC)c1. The van der Waals surface area contributed by atoms with E-state index < -0.39 is 11.9 Å². The average molecular weight is 458 g/mol. The van der Waals surface area contributed by atoms with E-state index in [9.17, 15) is 9.59 Å². The van der Waals surface area contributed by atoms with E-state index in [-0.39, 0.29) is 17.8 Å². The molecule has 7 nitrogen and oxygen atoms in total. The predicted molar refractivity (Wildman–Crippen MR) is 125 cm³/mol. The molecule has 3 rings (SSSR count). The van der Waals surface area contributed by atoms with Crippen LogP contribution in [0.3, 0.4) is 0 Å². The predicted octanol–water partition coefficient (Wildman–Crippen LogP) is 4.28. The maximum absolute atomic E-state index is 13.4. The Balaban J connectivity index is 2.08. The number of rotatable bonds is 9. The molecule has 2 aliphatic rings. The molecule has 0 aromatic heterocycles. The summed E-state index contributed by atoms with van der Waals surface area (Å²) in [6, 6.07) is 5.56. The summed E-state index contributed by atoms with van der Waals surface area (Å²) in [4.78, 5) is 26.6. The highest BCUT2D eigenvalue weighted by atomic mass is 16.6. The average Bonchev–Trinajstić information content (AvgIpc) is 2.75. The van der Waals surface area contributed by atoms with Gasteiger partial charge in [0.25, 0.3) is 0 Å². The summed E-state index contributed by atoms with van der Waals surface area (Å²) in [5.74, 6) is 0.208. The normalized spacial score (nSPS) is 19.7. The molecule has 1 aromatic carbocycles. The largest absolute Gasteiger partial charge is 0.493 e. The van der Waals surface area contributed by atoms with Crippen molar-refractivity contribution in [2.24, 2.45) is 5.41 Å². The van der Waals surface area contributed by atoms with Crippen LogP contribution < -0.4 is 14.8 Å². The van der Waals surface area contributed by atoms with Crippen molar-refractivity contribution in [1.29, 1.82) is 0 Å². The van der Waals surface area contributed by atoms with Gasteiger partial charge in [0.1, 0.15) is 6.61 Å². The van der Waals surface area contributed by atoms with Crippen molar-refractivity contribution in [1.82, 2.24) is 5.32 Å². The number of ether oxygens (including phenoxy) is 4. The van der Waals surface area contributed by atoms with Gasteiger partial charge in [-0.15, -0.1) is 0 Å². The zero-order valence-corrected chi connectivity index (χ0v) is 20.5. The van der Waals surface area contributed by atoms with Crippen molar-refractivity contribution in [3.63, 3.8) is 0 Å². The molecule has 1 aromatic rings. The number of benzene rings is 1. The third kappa shape index (κ3) is 5.41. The minimum Gasteiger partial charge on any atom is -0.493 e. The molecule has 0 bridgehead atoms. The molecule has 1 heterocycles. The van der Waals surface area contributed by atoms with E-state index in [1.54, 1.807) is 7.11 Å². The Morgan fingerprint density at radius 2 is 1.88 bits per heavy atom. The minimum absolute atomic E-state index is 0.0405. The Labute approximate surface area is 196 Å². The Hall–Kier alpha value is -2.80. The van der Waals surface area contributed by atoms with Crippen LogP contribution in [-0.4, -0.2) is 45.3 Å². The highest BCUT2D eigenvalue weighted by Gasteiger charge is 2.43. The van der Waals surface area contributed by atoms with Crippen LogP contribution in [0, 0.1) is 5.41 Å². The van der Waals surface area contributed by atoms with Crippen molar-refractivity contribution in [3.05, 3.63) is 46.3 Å². The van der Waals surface area contributed by atoms with Crippen molar-refractivity contribution in [2.75, 3.05) is 33.5 Å². The monoisotopic (exact) mass is 457 g/mol. The van der Waals surface area contributed by atoms with Gasteiger partial charge in [0.15, 0.2) is 17.3 Å². The number of methoxy groups -OCH3 is 1. The Morgan fingerprint density at radius 1 is 1.12 bits per heavy atom. The Bertz CT molecular complexity index is 975. The third-order valence-electron chi connectivity index (χ3n) is 5.95. The lowest BCUT2D eigenvalue weighted by molar-refractivity contribution is -0.140. The summed E-state index contributed by atoms with van der Waals surface area (Å²) in [5.41, 5.74) is 3.26. The van der Waals surface area contributed by atoms with Gasteiger partial charge in [-0.3, -0.25) is 4.79 Å². The fourth-order valence-electron chi connectivity index (χ4n) is 4.59. The Morgan fingerprint density at radius 3 is 2.55 bits per heavy atom. The van der Waals surface area contributed by atoms with Gasteiger partial charge in [0.2, 0.25) is 0 Å². The topological polar surface area (TPSA) is 83.1 Å². The van der Waals surface area contributed by atoms with Gasteiger partial charge in [0, 0.05) is 35.9 Å². The molecule has 0 amide bonds. The van der Waals surface area contributed by atoms with Crippen LogP contribution in [-0.2, 0) is 19.1 Å². The lowest BCUT2D eigenvalue weighted by atomic mass is 9.68. The molecular weight excluding hydrogens is 422 g/mol. The Kier molecular flexibility index (Phi) is 7.84. The maximum atomic E-state index is 13.4. The minimum atomic E-state index is -0.547. The quantitative estimate of drug-likeness (QED) is 0.438. The van der Waals surface area contributed by atoms with Crippen LogP contribution in [0.25, 0.3) is 0 Å². The number of carbonyl (C=O) groups excluding carboxylic acids is 2. The molecule has 0 spiro atoms. The van der Waals surface area contributed by atoms with Crippen LogP contribution in [0.15, 0.2) is 40.7 Å². The van der Waals surface area contributed by atoms with E-state index in [4.69, 9.17) is 18.9 Å². The van der Waals surface area contributed by atoms with Crippen molar-refractivity contribution in [2.45, 2.75) is 53.4 Å². The van der Waals surface area contributed by atoms with Gasteiger partial charge in [-0.2, -0.15) is 0 Å². The molecule has 0 fully saturated rings. The fourth-order valence-corrected chi connectivity index (χ4v) is 4.59. The number of dihydropyridines is 1. The van der Waals surface area contributed by atoms with Crippen molar-refractivity contribution < 1.29 is 28.5 Å². The molecule has 0 saturated carbocycles. The second kappa shape index (κ2) is 10.4. The van der Waals surface area contributed by atoms with E-state index in [1.807, 2.05) is 39.0 Å². The zero-order valence-electron chi connectivity index (χ0n) is 20.5. The molecule has 0 saturated heterocycles. The molecule has 33 heavy (non-hydrogen) atoms. The zero-order chi connectivity index (χ0) is 24.2. The van der Waals surface area contributed by atoms with Gasteiger partial charge < -0.3 is 24.3 Å². The molecule has 7 heteroatoms. The molecule has 1 aliphatic carbocycles. The fraction of sp³-hybridized carbons (Fsp3) is 0.538. The van der Waals surface area contributed by atoms with Gasteiger partial charge in [-0.05, 0) is 50.3 Å². The van der Waals surface area contributed by atoms with Gasteiger partial charge in [-0.25, -0.2) is 4.79 Å². The number of ketones is 1. The molecule has 0 radical (unpaired) electrons. The number of allylic oxidation sites excluding steroid dienone is 3. The van der Waals surface area contributed by atoms with E-state index in [1.165, 1.54) is 0 Å². The molecule has 1 aliphatic heterocycles. The van der Waals surface area contributed by atoms with E-state index >= 15 is 0 Å². The first kappa shape index (κ1) is 24.8. The van der Waals surface area contributed by atoms with Crippen LogP contribution in [0.2, 0.25) is 0 Å². The third-order valence-corrected chi connectivity index (χ3v) is 5.95. The number of esters is 1.